The second kappa shape index (κ2) is 5.51. The normalized spacial score (nSPS) is 26.0. The molecule has 3 nitrogen and oxygen atoms in total. The topological polar surface area (TPSA) is 47.3 Å². The van der Waals surface area contributed by atoms with E-state index in [4.69, 9.17) is 10.5 Å². The summed E-state index contributed by atoms with van der Waals surface area (Å²) in [5.41, 5.74) is 5.76. The van der Waals surface area contributed by atoms with Gasteiger partial charge < -0.3 is 15.8 Å². The summed E-state index contributed by atoms with van der Waals surface area (Å²) in [5.74, 6) is 0.717. The standard InChI is InChI=1S/C9H20N2O/c1-2-9(10)6-11-5-8-3-4-12-7-8/h8-9,11H,2-7,10H2,1H3. The van der Waals surface area contributed by atoms with Crippen molar-refractivity contribution in [3.05, 3.63) is 0 Å². The summed E-state index contributed by atoms with van der Waals surface area (Å²) >= 11 is 0. The molecule has 0 spiro atoms. The Labute approximate surface area is 74.7 Å². The molecule has 1 fully saturated rings. The maximum Gasteiger partial charge on any atom is 0.0507 e. The lowest BCUT2D eigenvalue weighted by molar-refractivity contribution is 0.185. The van der Waals surface area contributed by atoms with Crippen molar-refractivity contribution in [3.63, 3.8) is 0 Å². The second-order valence-corrected chi connectivity index (χ2v) is 3.56. The zero-order valence-corrected chi connectivity index (χ0v) is 7.88. The molecule has 3 heteroatoms. The van der Waals surface area contributed by atoms with Crippen LogP contribution in [0.1, 0.15) is 19.8 Å². The Kier molecular flexibility index (Phi) is 4.58. The Balaban J connectivity index is 1.94. The highest BCUT2D eigenvalue weighted by molar-refractivity contribution is 4.69. The molecule has 2 unspecified atom stereocenters. The zero-order valence-electron chi connectivity index (χ0n) is 7.88. The maximum absolute atomic E-state index is 5.76. The first-order valence-corrected chi connectivity index (χ1v) is 4.87. The van der Waals surface area contributed by atoms with Gasteiger partial charge in [0, 0.05) is 25.7 Å². The van der Waals surface area contributed by atoms with Gasteiger partial charge in [-0.3, -0.25) is 0 Å². The molecule has 0 radical (unpaired) electrons. The minimum atomic E-state index is 0.312. The van der Waals surface area contributed by atoms with E-state index in [1.807, 2.05) is 0 Å². The Morgan fingerprint density at radius 1 is 1.67 bits per heavy atom. The van der Waals surface area contributed by atoms with Gasteiger partial charge in [0.15, 0.2) is 0 Å². The van der Waals surface area contributed by atoms with E-state index >= 15 is 0 Å². The molecule has 0 aromatic rings. The van der Waals surface area contributed by atoms with Gasteiger partial charge in [-0.15, -0.1) is 0 Å². The SMILES string of the molecule is CCC(N)CNCC1CCOC1. The molecule has 0 bridgehead atoms. The van der Waals surface area contributed by atoms with Crippen molar-refractivity contribution in [1.29, 1.82) is 0 Å². The fourth-order valence-electron chi connectivity index (χ4n) is 1.36. The molecule has 1 aliphatic heterocycles. The quantitative estimate of drug-likeness (QED) is 0.629. The van der Waals surface area contributed by atoms with E-state index in [1.165, 1.54) is 6.42 Å². The van der Waals surface area contributed by atoms with Crippen molar-refractivity contribution in [3.8, 4) is 0 Å². The lowest BCUT2D eigenvalue weighted by atomic mass is 10.1. The summed E-state index contributed by atoms with van der Waals surface area (Å²) < 4.78 is 5.27. The predicted octanol–water partition coefficient (Wildman–Crippen LogP) is 0.350. The van der Waals surface area contributed by atoms with Gasteiger partial charge in [0.2, 0.25) is 0 Å². The molecule has 0 aliphatic carbocycles. The summed E-state index contributed by atoms with van der Waals surface area (Å²) in [6, 6.07) is 0.312. The molecule has 1 saturated heterocycles. The largest absolute Gasteiger partial charge is 0.381 e. The van der Waals surface area contributed by atoms with E-state index in [0.717, 1.165) is 32.7 Å². The molecule has 1 rings (SSSR count). The van der Waals surface area contributed by atoms with Crippen LogP contribution in [0.4, 0.5) is 0 Å². The van der Waals surface area contributed by atoms with Gasteiger partial charge in [-0.05, 0) is 18.8 Å². The molecule has 0 amide bonds. The van der Waals surface area contributed by atoms with Crippen molar-refractivity contribution in [2.45, 2.75) is 25.8 Å². The molecule has 0 saturated carbocycles. The Morgan fingerprint density at radius 3 is 3.08 bits per heavy atom. The summed E-state index contributed by atoms with van der Waals surface area (Å²) in [4.78, 5) is 0. The first kappa shape index (κ1) is 9.96. The van der Waals surface area contributed by atoms with Gasteiger partial charge in [-0.2, -0.15) is 0 Å². The molecule has 2 atom stereocenters. The van der Waals surface area contributed by atoms with E-state index in [2.05, 4.69) is 12.2 Å². The average molecular weight is 172 g/mol. The third-order valence-electron chi connectivity index (χ3n) is 2.39. The summed E-state index contributed by atoms with van der Waals surface area (Å²) in [6.45, 7) is 5.98. The first-order valence-electron chi connectivity index (χ1n) is 4.87. The maximum atomic E-state index is 5.76. The Bertz CT molecular complexity index is 113. The van der Waals surface area contributed by atoms with Crippen LogP contribution in [0.15, 0.2) is 0 Å². The van der Waals surface area contributed by atoms with Gasteiger partial charge in [-0.1, -0.05) is 6.92 Å². The predicted molar refractivity (Wildman–Crippen MR) is 50.1 cm³/mol. The third-order valence-corrected chi connectivity index (χ3v) is 2.39. The number of hydrogen-bond acceptors (Lipinski definition) is 3. The van der Waals surface area contributed by atoms with E-state index in [-0.39, 0.29) is 0 Å². The van der Waals surface area contributed by atoms with Crippen LogP contribution in [0.2, 0.25) is 0 Å². The van der Waals surface area contributed by atoms with Crippen LogP contribution >= 0.6 is 0 Å². The molecular weight excluding hydrogens is 152 g/mol. The number of nitrogens with one attached hydrogen (secondary N) is 1. The van der Waals surface area contributed by atoms with Gasteiger partial charge in [0.1, 0.15) is 0 Å². The molecule has 1 heterocycles. The van der Waals surface area contributed by atoms with E-state index in [0.29, 0.717) is 12.0 Å². The molecular formula is C9H20N2O. The Hall–Kier alpha value is -0.120. The lowest BCUT2D eigenvalue weighted by Crippen LogP contribution is -2.35. The van der Waals surface area contributed by atoms with Crippen LogP contribution in [0.5, 0.6) is 0 Å². The van der Waals surface area contributed by atoms with Crippen LogP contribution < -0.4 is 11.1 Å². The van der Waals surface area contributed by atoms with Crippen LogP contribution in [0.25, 0.3) is 0 Å². The smallest absolute Gasteiger partial charge is 0.0507 e. The van der Waals surface area contributed by atoms with Crippen molar-refractivity contribution in [2.75, 3.05) is 26.3 Å². The number of hydrogen-bond donors (Lipinski definition) is 2. The summed E-state index contributed by atoms with van der Waals surface area (Å²) in [5, 5.41) is 3.37. The highest BCUT2D eigenvalue weighted by Crippen LogP contribution is 2.10. The van der Waals surface area contributed by atoms with Gasteiger partial charge in [0.25, 0.3) is 0 Å². The van der Waals surface area contributed by atoms with Crippen molar-refractivity contribution >= 4 is 0 Å². The van der Waals surface area contributed by atoms with Crippen LogP contribution in [0.3, 0.4) is 0 Å². The fraction of sp³-hybridized carbons (Fsp3) is 1.00. The van der Waals surface area contributed by atoms with Crippen LogP contribution in [0, 0.1) is 5.92 Å². The molecule has 0 aromatic carbocycles. The zero-order chi connectivity index (χ0) is 8.81. The molecule has 3 N–H and O–H groups in total. The Morgan fingerprint density at radius 2 is 2.50 bits per heavy atom. The highest BCUT2D eigenvalue weighted by atomic mass is 16.5. The fourth-order valence-corrected chi connectivity index (χ4v) is 1.36. The summed E-state index contributed by atoms with van der Waals surface area (Å²) in [6.07, 6.45) is 2.25. The summed E-state index contributed by atoms with van der Waals surface area (Å²) in [7, 11) is 0. The van der Waals surface area contributed by atoms with Crippen LogP contribution in [-0.4, -0.2) is 32.3 Å². The van der Waals surface area contributed by atoms with Gasteiger partial charge in [-0.25, -0.2) is 0 Å². The molecule has 1 aliphatic rings. The van der Waals surface area contributed by atoms with Crippen molar-refractivity contribution in [1.82, 2.24) is 5.32 Å². The molecule has 12 heavy (non-hydrogen) atoms. The first-order chi connectivity index (χ1) is 5.83. The number of rotatable bonds is 5. The highest BCUT2D eigenvalue weighted by Gasteiger charge is 2.14. The minimum Gasteiger partial charge on any atom is -0.381 e. The van der Waals surface area contributed by atoms with Crippen LogP contribution in [-0.2, 0) is 4.74 Å². The van der Waals surface area contributed by atoms with Crippen molar-refractivity contribution in [2.24, 2.45) is 11.7 Å². The van der Waals surface area contributed by atoms with Gasteiger partial charge in [0.05, 0.1) is 6.61 Å². The third kappa shape index (κ3) is 3.52. The van der Waals surface area contributed by atoms with E-state index in [1.54, 1.807) is 0 Å². The minimum absolute atomic E-state index is 0.312. The monoisotopic (exact) mass is 172 g/mol. The van der Waals surface area contributed by atoms with Gasteiger partial charge >= 0.3 is 0 Å². The number of ether oxygens (including phenoxy) is 1. The lowest BCUT2D eigenvalue weighted by Gasteiger charge is -2.12. The van der Waals surface area contributed by atoms with E-state index < -0.39 is 0 Å². The average Bonchev–Trinajstić information content (AvgIpc) is 2.57. The molecule has 72 valence electrons. The number of nitrogens with two attached hydrogens (primary N) is 1. The molecule has 0 aromatic heterocycles. The van der Waals surface area contributed by atoms with E-state index in [9.17, 15) is 0 Å². The second-order valence-electron chi connectivity index (χ2n) is 3.56. The van der Waals surface area contributed by atoms with Crippen molar-refractivity contribution < 1.29 is 4.74 Å².